The van der Waals surface area contributed by atoms with E-state index in [-0.39, 0.29) is 39.0 Å². The molecule has 0 unspecified atom stereocenters. The van der Waals surface area contributed by atoms with Gasteiger partial charge < -0.3 is 29.4 Å². The Kier molecular flexibility index (Phi) is 14.8. The third kappa shape index (κ3) is 10.1. The zero-order valence-corrected chi connectivity index (χ0v) is 53.7. The number of hydrogen-bond donors (Lipinski definition) is 0. The van der Waals surface area contributed by atoms with Gasteiger partial charge in [0.25, 0.3) is 0 Å². The molecule has 12 heteroatoms. The summed E-state index contributed by atoms with van der Waals surface area (Å²) >= 11 is 0. The van der Waals surface area contributed by atoms with Crippen LogP contribution < -0.4 is 29.4 Å². The number of hydrogen-bond acceptors (Lipinski definition) is 6. The van der Waals surface area contributed by atoms with Crippen LogP contribution in [0.15, 0.2) is 182 Å². The number of rotatable bonds is 8. The fourth-order valence-electron chi connectivity index (χ4n) is 11.7. The van der Waals surface area contributed by atoms with Crippen LogP contribution in [0.25, 0.3) is 160 Å². The Labute approximate surface area is 522 Å². The van der Waals surface area contributed by atoms with Gasteiger partial charge in [-0.2, -0.15) is 0 Å². The molecule has 4 aliphatic rings. The van der Waals surface area contributed by atoms with Crippen molar-refractivity contribution in [2.24, 2.45) is 0 Å². The second kappa shape index (κ2) is 23.0. The van der Waals surface area contributed by atoms with Gasteiger partial charge in [0.15, 0.2) is 0 Å². The first kappa shape index (κ1) is 55.3. The standard InChI is InChI=1S/C74H50N8O2.2Zn/c1-43-16-20-46(21-17-43)69-54-26-24-50(75-54)42-51-25-27-55(76-51)70(47-22-18-44(2)19-23-47)59-33-37-65(80-59)73(64-36-32-58(69)79-64)74-66-38-34-62(81-66)71(48-12-8-14-52(40-48)83-3)60-30-28-56(77-60)68(45-10-6-5-7-11-45)57-29-31-61(78-57)72(63-35-39-67(74)82-63)49-13-9-15-53(41-49)84-4;;/h5-42H,1-4H3;;/q-4;2*+2. The molecule has 6 aromatic heterocycles. The molecule has 0 amide bonds. The van der Waals surface area contributed by atoms with E-state index in [1.54, 1.807) is 14.2 Å². The summed E-state index contributed by atoms with van der Waals surface area (Å²) in [5.41, 5.74) is 24.6. The molecule has 10 nitrogen and oxygen atoms in total. The molecule has 0 saturated heterocycles. The molecule has 10 heterocycles. The molecule has 0 fully saturated rings. The van der Waals surface area contributed by atoms with Crippen LogP contribution in [0.3, 0.4) is 0 Å². The molecule has 402 valence electrons. The number of fused-ring (bicyclic) bond motifs is 16. The van der Waals surface area contributed by atoms with Gasteiger partial charge in [-0.1, -0.05) is 169 Å². The summed E-state index contributed by atoms with van der Waals surface area (Å²) in [5, 5.41) is 0. The van der Waals surface area contributed by atoms with Crippen molar-refractivity contribution in [3.05, 3.63) is 239 Å². The van der Waals surface area contributed by atoms with E-state index < -0.39 is 0 Å². The molecule has 0 N–H and O–H groups in total. The number of ether oxygens (including phenoxy) is 2. The minimum absolute atomic E-state index is 0. The maximum Gasteiger partial charge on any atom is 2.00 e. The van der Waals surface area contributed by atoms with Crippen LogP contribution in [0.2, 0.25) is 0 Å². The Morgan fingerprint density at radius 1 is 0.279 bits per heavy atom. The van der Waals surface area contributed by atoms with Gasteiger partial charge in [0.05, 0.1) is 59.8 Å². The third-order valence-electron chi connectivity index (χ3n) is 15.8. The molecule has 0 radical (unpaired) electrons. The van der Waals surface area contributed by atoms with Crippen molar-refractivity contribution < 1.29 is 48.4 Å². The monoisotopic (exact) mass is 1210 g/mol. The van der Waals surface area contributed by atoms with Crippen LogP contribution in [0.1, 0.15) is 56.7 Å². The molecule has 0 spiro atoms. The summed E-state index contributed by atoms with van der Waals surface area (Å²) in [6, 6.07) is 62.2. The largest absolute Gasteiger partial charge is 2.00 e. The van der Waals surface area contributed by atoms with E-state index in [2.05, 4.69) is 172 Å². The van der Waals surface area contributed by atoms with E-state index in [0.29, 0.717) is 45.1 Å². The van der Waals surface area contributed by atoms with Crippen LogP contribution in [0.4, 0.5) is 0 Å². The third-order valence-corrected chi connectivity index (χ3v) is 15.8. The van der Waals surface area contributed by atoms with Crippen molar-refractivity contribution in [3.63, 3.8) is 0 Å². The summed E-state index contributed by atoms with van der Waals surface area (Å²) in [5.74, 6) is 1.42. The van der Waals surface area contributed by atoms with Gasteiger partial charge in [0, 0.05) is 0 Å². The summed E-state index contributed by atoms with van der Waals surface area (Å²) in [7, 11) is 3.37. The van der Waals surface area contributed by atoms with Crippen LogP contribution in [0.5, 0.6) is 11.5 Å². The van der Waals surface area contributed by atoms with Crippen LogP contribution in [-0.4, -0.2) is 34.2 Å². The van der Waals surface area contributed by atoms with E-state index in [1.165, 1.54) is 0 Å². The van der Waals surface area contributed by atoms with Gasteiger partial charge in [-0.3, -0.25) is 0 Å². The number of methoxy groups -OCH3 is 2. The van der Waals surface area contributed by atoms with Crippen molar-refractivity contribution in [1.82, 2.24) is 39.9 Å². The summed E-state index contributed by atoms with van der Waals surface area (Å²) in [6.45, 7) is 4.19. The fraction of sp³-hybridized carbons (Fsp3) is 0.0541. The predicted molar refractivity (Wildman–Crippen MR) is 342 cm³/mol. The minimum Gasteiger partial charge on any atom is -0.657 e. The first-order chi connectivity index (χ1) is 41.3. The Balaban J connectivity index is 0.00000343. The van der Waals surface area contributed by atoms with Crippen LogP contribution >= 0.6 is 0 Å². The van der Waals surface area contributed by atoms with Crippen LogP contribution in [0, 0.1) is 13.8 Å². The van der Waals surface area contributed by atoms with E-state index in [4.69, 9.17) is 49.3 Å². The smallest absolute Gasteiger partial charge is 0.657 e. The fourth-order valence-corrected chi connectivity index (χ4v) is 11.7. The van der Waals surface area contributed by atoms with Gasteiger partial charge in [0.2, 0.25) is 0 Å². The summed E-state index contributed by atoms with van der Waals surface area (Å²) in [6.07, 6.45) is 16.6. The molecule has 5 aromatic carbocycles. The average molecular weight is 1210 g/mol. The second-order valence-electron chi connectivity index (χ2n) is 21.1. The topological polar surface area (TPSA) is 126 Å². The Morgan fingerprint density at radius 2 is 0.605 bits per heavy atom. The maximum atomic E-state index is 5.86. The van der Waals surface area contributed by atoms with Crippen molar-refractivity contribution in [1.29, 1.82) is 0 Å². The number of aryl methyl sites for hydroxylation is 2. The molecule has 86 heavy (non-hydrogen) atoms. The molecular formula is C74H50N8O2Zn2. The van der Waals surface area contributed by atoms with Gasteiger partial charge in [-0.25, -0.2) is 19.9 Å². The van der Waals surface area contributed by atoms with Crippen molar-refractivity contribution in [2.75, 3.05) is 14.2 Å². The van der Waals surface area contributed by atoms with E-state index in [9.17, 15) is 0 Å². The molecule has 16 bridgehead atoms. The van der Waals surface area contributed by atoms with E-state index in [0.717, 1.165) is 134 Å². The number of aromatic nitrogens is 8. The molecule has 0 aliphatic carbocycles. The molecular weight excluding hydrogens is 1160 g/mol. The minimum atomic E-state index is 0. The second-order valence-corrected chi connectivity index (χ2v) is 21.1. The molecule has 11 aromatic rings. The van der Waals surface area contributed by atoms with E-state index >= 15 is 0 Å². The van der Waals surface area contributed by atoms with Crippen molar-refractivity contribution >= 4 is 92.7 Å². The number of benzene rings is 5. The van der Waals surface area contributed by atoms with Gasteiger partial charge >= 0.3 is 39.0 Å². The van der Waals surface area contributed by atoms with Crippen molar-refractivity contribution in [2.45, 2.75) is 13.8 Å². The van der Waals surface area contributed by atoms with Crippen LogP contribution in [-0.2, 0) is 39.0 Å². The van der Waals surface area contributed by atoms with Gasteiger partial charge in [-0.05, 0) is 153 Å². The van der Waals surface area contributed by atoms with Crippen molar-refractivity contribution in [3.8, 4) is 78.3 Å². The Hall–Kier alpha value is -9.85. The molecule has 15 rings (SSSR count). The van der Waals surface area contributed by atoms with Gasteiger partial charge in [-0.15, -0.1) is 44.1 Å². The molecule has 4 aliphatic heterocycles. The summed E-state index contributed by atoms with van der Waals surface area (Å²) in [4.78, 5) is 44.3. The zero-order chi connectivity index (χ0) is 56.4. The quantitative estimate of drug-likeness (QED) is 0.136. The molecule has 0 saturated carbocycles. The molecule has 0 atom stereocenters. The maximum absolute atomic E-state index is 5.86. The average Bonchev–Trinajstić information content (AvgIpc) is 2.63. The predicted octanol–water partition coefficient (Wildman–Crippen LogP) is 16.8. The Bertz CT molecular complexity index is 4920. The SMILES string of the molecule is COc1cccc(-c2c3nc(c(-c4c5nc(c(-c6ccc(C)cc6)c6ccc(cc7nc(c(-c8ccc(C)cc8)c8ccc4[n-]8)C=C7)[n-]6)C=C5)c4ccc([n-]4)c(-c4cccc(OC)c4)c4nc(c(-c5ccccc5)c5ccc2[n-]5)C=C4)C=C3)c1.[Zn+2].[Zn+2]. The zero-order valence-electron chi connectivity index (χ0n) is 47.7. The van der Waals surface area contributed by atoms with Gasteiger partial charge in [0.1, 0.15) is 11.5 Å². The van der Waals surface area contributed by atoms with E-state index in [1.807, 2.05) is 72.8 Å². The normalized spacial score (nSPS) is 12.0. The first-order valence-electron chi connectivity index (χ1n) is 27.9. The number of nitrogens with zero attached hydrogens (tertiary/aromatic N) is 8. The Morgan fingerprint density at radius 3 is 1.02 bits per heavy atom. The first-order valence-corrected chi connectivity index (χ1v) is 27.9. The summed E-state index contributed by atoms with van der Waals surface area (Å²) < 4.78 is 11.7.